The average molecular weight is 314 g/mol. The molecule has 1 aromatic rings. The fourth-order valence-corrected chi connectivity index (χ4v) is 4.90. The third-order valence-corrected chi connectivity index (χ3v) is 6.21. The number of hydrogen-bond donors (Lipinski definition) is 1. The van der Waals surface area contributed by atoms with Crippen LogP contribution in [0.25, 0.3) is 0 Å². The number of rotatable bonds is 4. The van der Waals surface area contributed by atoms with Crippen LogP contribution in [0.4, 0.5) is 4.39 Å². The van der Waals surface area contributed by atoms with E-state index in [4.69, 9.17) is 5.11 Å². The smallest absolute Gasteiger partial charge is 0.338 e. The maximum absolute atomic E-state index is 13.6. The first-order valence-electron chi connectivity index (χ1n) is 7.03. The van der Waals surface area contributed by atoms with Gasteiger partial charge in [-0.3, -0.25) is 0 Å². The molecule has 0 bridgehead atoms. The van der Waals surface area contributed by atoms with Crippen LogP contribution in [0.1, 0.15) is 48.5 Å². The molecule has 21 heavy (non-hydrogen) atoms. The molecule has 1 N–H and O–H groups in total. The quantitative estimate of drug-likeness (QED) is 0.927. The number of halogens is 1. The molecule has 6 heteroatoms. The highest BCUT2D eigenvalue weighted by Crippen LogP contribution is 2.30. The molecule has 2 unspecified atom stereocenters. The van der Waals surface area contributed by atoms with Crippen molar-refractivity contribution in [1.29, 1.82) is 0 Å². The van der Waals surface area contributed by atoms with Crippen LogP contribution in [-0.2, 0) is 15.6 Å². The predicted molar refractivity (Wildman–Crippen MR) is 77.4 cm³/mol. The Morgan fingerprint density at radius 1 is 1.38 bits per heavy atom. The van der Waals surface area contributed by atoms with Crippen molar-refractivity contribution in [2.45, 2.75) is 43.6 Å². The number of aromatic carboxylic acids is 1. The van der Waals surface area contributed by atoms with Crippen LogP contribution in [0, 0.1) is 11.7 Å². The van der Waals surface area contributed by atoms with Gasteiger partial charge in [0.15, 0.2) is 9.84 Å². The molecule has 1 aliphatic carbocycles. The molecule has 2 rings (SSSR count). The standard InChI is InChI=1S/C15H19FO4S/c1-10-3-2-4-12(7-10)21(19,20)9-11-5-6-13(15(17)18)14(16)8-11/h5-6,8,10,12H,2-4,7,9H2,1H3,(H,17,18). The van der Waals surface area contributed by atoms with Crippen molar-refractivity contribution in [2.24, 2.45) is 5.92 Å². The van der Waals surface area contributed by atoms with Gasteiger partial charge in [-0.25, -0.2) is 17.6 Å². The van der Waals surface area contributed by atoms with Crippen molar-refractivity contribution in [3.05, 3.63) is 35.1 Å². The summed E-state index contributed by atoms with van der Waals surface area (Å²) in [5, 5.41) is 8.39. The molecule has 1 fully saturated rings. The highest BCUT2D eigenvalue weighted by molar-refractivity contribution is 7.91. The molecule has 1 saturated carbocycles. The molecular weight excluding hydrogens is 295 g/mol. The predicted octanol–water partition coefficient (Wildman–Crippen LogP) is 3.02. The summed E-state index contributed by atoms with van der Waals surface area (Å²) >= 11 is 0. The second-order valence-corrected chi connectivity index (χ2v) is 8.10. The number of carboxylic acids is 1. The van der Waals surface area contributed by atoms with E-state index in [9.17, 15) is 17.6 Å². The minimum Gasteiger partial charge on any atom is -0.478 e. The summed E-state index contributed by atoms with van der Waals surface area (Å²) < 4.78 is 38.4. The Morgan fingerprint density at radius 2 is 2.10 bits per heavy atom. The first-order valence-corrected chi connectivity index (χ1v) is 8.74. The summed E-state index contributed by atoms with van der Waals surface area (Å²) in [6.45, 7) is 2.04. The van der Waals surface area contributed by atoms with E-state index in [0.717, 1.165) is 25.0 Å². The third-order valence-electron chi connectivity index (χ3n) is 4.03. The normalized spacial score (nSPS) is 23.0. The lowest BCUT2D eigenvalue weighted by Crippen LogP contribution is -2.28. The van der Waals surface area contributed by atoms with Crippen molar-refractivity contribution in [3.63, 3.8) is 0 Å². The van der Waals surface area contributed by atoms with Crippen molar-refractivity contribution in [1.82, 2.24) is 0 Å². The van der Waals surface area contributed by atoms with Gasteiger partial charge in [0.2, 0.25) is 0 Å². The maximum atomic E-state index is 13.6. The van der Waals surface area contributed by atoms with E-state index in [0.29, 0.717) is 24.3 Å². The average Bonchev–Trinajstić information content (AvgIpc) is 2.37. The van der Waals surface area contributed by atoms with E-state index < -0.39 is 27.2 Å². The second kappa shape index (κ2) is 6.13. The van der Waals surface area contributed by atoms with Crippen LogP contribution in [0.2, 0.25) is 0 Å². The van der Waals surface area contributed by atoms with Gasteiger partial charge in [-0.1, -0.05) is 25.8 Å². The van der Waals surface area contributed by atoms with E-state index in [1.807, 2.05) is 6.92 Å². The minimum atomic E-state index is -3.33. The number of sulfone groups is 1. The Kier molecular flexibility index (Phi) is 4.66. The molecule has 4 nitrogen and oxygen atoms in total. The van der Waals surface area contributed by atoms with Gasteiger partial charge in [-0.2, -0.15) is 0 Å². The number of carboxylic acid groups (broad SMARTS) is 1. The molecule has 0 aromatic heterocycles. The first kappa shape index (κ1) is 15.9. The fourth-order valence-electron chi connectivity index (χ4n) is 2.88. The summed E-state index contributed by atoms with van der Waals surface area (Å²) in [5.74, 6) is -2.10. The highest BCUT2D eigenvalue weighted by atomic mass is 32.2. The molecule has 0 spiro atoms. The van der Waals surface area contributed by atoms with Gasteiger partial charge in [-0.15, -0.1) is 0 Å². The van der Waals surface area contributed by atoms with E-state index in [-0.39, 0.29) is 11.0 Å². The van der Waals surface area contributed by atoms with Gasteiger partial charge < -0.3 is 5.11 Å². The van der Waals surface area contributed by atoms with Crippen molar-refractivity contribution < 1.29 is 22.7 Å². The second-order valence-electron chi connectivity index (χ2n) is 5.82. The number of hydrogen-bond acceptors (Lipinski definition) is 3. The monoisotopic (exact) mass is 314 g/mol. The van der Waals surface area contributed by atoms with Crippen molar-refractivity contribution >= 4 is 15.8 Å². The zero-order chi connectivity index (χ0) is 15.6. The van der Waals surface area contributed by atoms with Gasteiger partial charge in [0.1, 0.15) is 5.82 Å². The SMILES string of the molecule is CC1CCCC(S(=O)(=O)Cc2ccc(C(=O)O)c(F)c2)C1. The van der Waals surface area contributed by atoms with Gasteiger partial charge in [0, 0.05) is 0 Å². The van der Waals surface area contributed by atoms with Crippen LogP contribution in [0.15, 0.2) is 18.2 Å². The Morgan fingerprint density at radius 3 is 2.67 bits per heavy atom. The summed E-state index contributed by atoms with van der Waals surface area (Å²) in [6, 6.07) is 3.50. The highest BCUT2D eigenvalue weighted by Gasteiger charge is 2.30. The van der Waals surface area contributed by atoms with Gasteiger partial charge >= 0.3 is 5.97 Å². The molecule has 0 amide bonds. The Bertz CT molecular complexity index is 639. The van der Waals surface area contributed by atoms with E-state index in [2.05, 4.69) is 0 Å². The van der Waals surface area contributed by atoms with Crippen LogP contribution in [-0.4, -0.2) is 24.7 Å². The molecule has 1 aliphatic rings. The minimum absolute atomic E-state index is 0.235. The number of carbonyl (C=O) groups is 1. The third kappa shape index (κ3) is 3.81. The Labute approximate surface area is 123 Å². The molecule has 2 atom stereocenters. The van der Waals surface area contributed by atoms with Gasteiger partial charge in [0.25, 0.3) is 0 Å². The van der Waals surface area contributed by atoms with E-state index in [1.165, 1.54) is 6.07 Å². The molecule has 1 aromatic carbocycles. The Hall–Kier alpha value is -1.43. The van der Waals surface area contributed by atoms with Crippen LogP contribution in [0.3, 0.4) is 0 Å². The summed E-state index contributed by atoms with van der Waals surface area (Å²) in [4.78, 5) is 10.7. The largest absolute Gasteiger partial charge is 0.478 e. The fraction of sp³-hybridized carbons (Fsp3) is 0.533. The summed E-state index contributed by atoms with van der Waals surface area (Å²) in [5.41, 5.74) is -0.141. The molecule has 0 heterocycles. The number of benzene rings is 1. The van der Waals surface area contributed by atoms with E-state index in [1.54, 1.807) is 0 Å². The zero-order valence-electron chi connectivity index (χ0n) is 11.9. The molecule has 0 saturated heterocycles. The zero-order valence-corrected chi connectivity index (χ0v) is 12.7. The Balaban J connectivity index is 2.17. The van der Waals surface area contributed by atoms with Crippen LogP contribution in [0.5, 0.6) is 0 Å². The van der Waals surface area contributed by atoms with Crippen molar-refractivity contribution in [3.8, 4) is 0 Å². The summed E-state index contributed by atoms with van der Waals surface area (Å²) in [6.07, 6.45) is 3.26. The molecular formula is C15H19FO4S. The molecule has 0 aliphatic heterocycles. The maximum Gasteiger partial charge on any atom is 0.338 e. The van der Waals surface area contributed by atoms with Crippen molar-refractivity contribution in [2.75, 3.05) is 0 Å². The first-order chi connectivity index (χ1) is 9.79. The van der Waals surface area contributed by atoms with Gasteiger partial charge in [-0.05, 0) is 36.5 Å². The lowest BCUT2D eigenvalue weighted by molar-refractivity contribution is 0.0692. The molecule has 0 radical (unpaired) electrons. The molecule has 116 valence electrons. The van der Waals surface area contributed by atoms with E-state index >= 15 is 0 Å². The lowest BCUT2D eigenvalue weighted by atomic mass is 9.91. The lowest BCUT2D eigenvalue weighted by Gasteiger charge is -2.26. The van der Waals surface area contributed by atoms with Crippen LogP contribution < -0.4 is 0 Å². The summed E-state index contributed by atoms with van der Waals surface area (Å²) in [7, 11) is -3.33. The van der Waals surface area contributed by atoms with Crippen LogP contribution >= 0.6 is 0 Å². The topological polar surface area (TPSA) is 71.4 Å². The van der Waals surface area contributed by atoms with Gasteiger partial charge in [0.05, 0.1) is 16.6 Å².